The lowest BCUT2D eigenvalue weighted by Gasteiger charge is -2.13. The molecule has 1 rings (SSSR count). The van der Waals surface area contributed by atoms with E-state index >= 15 is 0 Å². The van der Waals surface area contributed by atoms with E-state index in [-0.39, 0.29) is 0 Å². The van der Waals surface area contributed by atoms with Gasteiger partial charge in [0.25, 0.3) is 0 Å². The first-order valence-corrected chi connectivity index (χ1v) is 6.90. The fourth-order valence-corrected chi connectivity index (χ4v) is 2.03. The Morgan fingerprint density at radius 3 is 2.61 bits per heavy atom. The third kappa shape index (κ3) is 4.42. The van der Waals surface area contributed by atoms with E-state index in [9.17, 15) is 0 Å². The van der Waals surface area contributed by atoms with Crippen molar-refractivity contribution in [1.29, 1.82) is 0 Å². The Morgan fingerprint density at radius 2 is 2.00 bits per heavy atom. The van der Waals surface area contributed by atoms with Crippen LogP contribution in [0.5, 0.6) is 11.5 Å². The van der Waals surface area contributed by atoms with Crippen LogP contribution in [0.2, 0.25) is 0 Å². The van der Waals surface area contributed by atoms with Crippen molar-refractivity contribution >= 4 is 12.6 Å². The third-order valence-electron chi connectivity index (χ3n) is 2.78. The van der Waals surface area contributed by atoms with Crippen LogP contribution in [0.25, 0.3) is 0 Å². The molecule has 1 aromatic carbocycles. The number of hydrogen-bond acceptors (Lipinski definition) is 4. The molecule has 0 aromatic heterocycles. The predicted molar refractivity (Wildman–Crippen MR) is 78.0 cm³/mol. The van der Waals surface area contributed by atoms with Crippen molar-refractivity contribution in [2.24, 2.45) is 5.73 Å². The predicted octanol–water partition coefficient (Wildman–Crippen LogP) is 3.05. The molecule has 0 unspecified atom stereocenters. The Hall–Kier alpha value is -0.870. The zero-order chi connectivity index (χ0) is 13.4. The average Bonchev–Trinajstić information content (AvgIpc) is 2.37. The lowest BCUT2D eigenvalue weighted by Crippen LogP contribution is -2.05. The highest BCUT2D eigenvalue weighted by molar-refractivity contribution is 7.80. The molecule has 0 saturated heterocycles. The summed E-state index contributed by atoms with van der Waals surface area (Å²) in [6.45, 7) is 3.50. The molecule has 0 aliphatic heterocycles. The van der Waals surface area contributed by atoms with Gasteiger partial charge in [0.15, 0.2) is 0 Å². The van der Waals surface area contributed by atoms with Crippen LogP contribution in [0, 0.1) is 0 Å². The Kier molecular flexibility index (Phi) is 6.98. The molecular formula is C14H23NO2S. The van der Waals surface area contributed by atoms with Crippen molar-refractivity contribution in [1.82, 2.24) is 0 Å². The molecule has 1 aromatic rings. The Bertz CT molecular complexity index is 369. The zero-order valence-corrected chi connectivity index (χ0v) is 12.1. The smallest absolute Gasteiger partial charge is 0.133 e. The molecule has 0 aliphatic carbocycles. The summed E-state index contributed by atoms with van der Waals surface area (Å²) >= 11 is 4.43. The summed E-state index contributed by atoms with van der Waals surface area (Å²) in [7, 11) is 1.66. The number of hydrogen-bond donors (Lipinski definition) is 2. The maximum absolute atomic E-state index is 5.75. The van der Waals surface area contributed by atoms with Gasteiger partial charge in [0.2, 0.25) is 0 Å². The molecule has 0 atom stereocenters. The van der Waals surface area contributed by atoms with Crippen LogP contribution >= 0.6 is 12.6 Å². The largest absolute Gasteiger partial charge is 0.496 e. The number of thiol groups is 1. The van der Waals surface area contributed by atoms with Gasteiger partial charge in [0.05, 0.1) is 13.7 Å². The molecule has 0 radical (unpaired) electrons. The van der Waals surface area contributed by atoms with Crippen LogP contribution in [0.4, 0.5) is 0 Å². The van der Waals surface area contributed by atoms with Crippen molar-refractivity contribution in [2.45, 2.75) is 37.5 Å². The second kappa shape index (κ2) is 8.27. The van der Waals surface area contributed by atoms with Crippen LogP contribution in [0.3, 0.4) is 0 Å². The fraction of sp³-hybridized carbons (Fsp3) is 0.571. The fourth-order valence-electron chi connectivity index (χ4n) is 1.78. The molecule has 0 spiro atoms. The van der Waals surface area contributed by atoms with Gasteiger partial charge in [-0.2, -0.15) is 0 Å². The number of ether oxygens (including phenoxy) is 2. The zero-order valence-electron chi connectivity index (χ0n) is 11.2. The molecule has 0 amide bonds. The lowest BCUT2D eigenvalue weighted by molar-refractivity contribution is 0.298. The van der Waals surface area contributed by atoms with E-state index in [1.807, 2.05) is 12.1 Å². The summed E-state index contributed by atoms with van der Waals surface area (Å²) in [5.41, 5.74) is 6.67. The molecule has 18 heavy (non-hydrogen) atoms. The van der Waals surface area contributed by atoms with E-state index in [0.29, 0.717) is 6.54 Å². The minimum absolute atomic E-state index is 0.595. The molecule has 0 bridgehead atoms. The van der Waals surface area contributed by atoms with Gasteiger partial charge in [-0.05, 0) is 37.1 Å². The summed E-state index contributed by atoms with van der Waals surface area (Å²) in [5, 5.41) is 0. The monoisotopic (exact) mass is 269 g/mol. The highest BCUT2D eigenvalue weighted by Gasteiger charge is 2.09. The molecule has 0 saturated carbocycles. The number of rotatable bonds is 8. The minimum Gasteiger partial charge on any atom is -0.496 e. The summed E-state index contributed by atoms with van der Waals surface area (Å²) < 4.78 is 11.1. The van der Waals surface area contributed by atoms with E-state index in [4.69, 9.17) is 15.2 Å². The van der Waals surface area contributed by atoms with Crippen LogP contribution in [-0.4, -0.2) is 20.3 Å². The van der Waals surface area contributed by atoms with Crippen LogP contribution in [-0.2, 0) is 6.42 Å². The van der Waals surface area contributed by atoms with Gasteiger partial charge in [-0.15, -0.1) is 12.6 Å². The van der Waals surface area contributed by atoms with Crippen LogP contribution in [0.1, 0.15) is 31.7 Å². The average molecular weight is 269 g/mol. The van der Waals surface area contributed by atoms with Crippen molar-refractivity contribution in [2.75, 3.05) is 20.3 Å². The standard InChI is InChI=1S/C14H23NO2S/c1-3-4-5-8-17-13-9-11(6-7-15)12(16-2)10-14(13)18/h9-10,18H,3-8,15H2,1-2H3. The minimum atomic E-state index is 0.595. The molecular weight excluding hydrogens is 246 g/mol. The molecule has 3 nitrogen and oxygen atoms in total. The second-order valence-corrected chi connectivity index (χ2v) is 4.71. The number of benzene rings is 1. The van der Waals surface area contributed by atoms with Crippen LogP contribution in [0.15, 0.2) is 17.0 Å². The quantitative estimate of drug-likeness (QED) is 0.563. The molecule has 2 N–H and O–H groups in total. The van der Waals surface area contributed by atoms with Crippen molar-refractivity contribution in [3.05, 3.63) is 17.7 Å². The number of nitrogens with two attached hydrogens (primary N) is 1. The van der Waals surface area contributed by atoms with E-state index in [1.165, 1.54) is 12.8 Å². The second-order valence-electron chi connectivity index (χ2n) is 4.23. The SMILES string of the molecule is CCCCCOc1cc(CCN)c(OC)cc1S. The van der Waals surface area contributed by atoms with Gasteiger partial charge in [0, 0.05) is 4.90 Å². The van der Waals surface area contributed by atoms with Crippen LogP contribution < -0.4 is 15.2 Å². The molecule has 4 heteroatoms. The van der Waals surface area contributed by atoms with Gasteiger partial charge >= 0.3 is 0 Å². The van der Waals surface area contributed by atoms with Gasteiger partial charge in [-0.25, -0.2) is 0 Å². The summed E-state index contributed by atoms with van der Waals surface area (Å²) in [4.78, 5) is 0.809. The summed E-state index contributed by atoms with van der Waals surface area (Å²) in [6.07, 6.45) is 4.23. The maximum Gasteiger partial charge on any atom is 0.133 e. The third-order valence-corrected chi connectivity index (χ3v) is 3.13. The molecule has 0 fully saturated rings. The lowest BCUT2D eigenvalue weighted by atomic mass is 10.1. The van der Waals surface area contributed by atoms with E-state index in [0.717, 1.165) is 41.4 Å². The first kappa shape index (κ1) is 15.2. The Balaban J connectivity index is 2.74. The van der Waals surface area contributed by atoms with E-state index in [1.54, 1.807) is 7.11 Å². The Labute approximate surface area is 115 Å². The first-order valence-electron chi connectivity index (χ1n) is 6.45. The molecule has 0 aliphatic rings. The van der Waals surface area contributed by atoms with E-state index < -0.39 is 0 Å². The molecule has 102 valence electrons. The maximum atomic E-state index is 5.75. The van der Waals surface area contributed by atoms with E-state index in [2.05, 4.69) is 19.6 Å². The van der Waals surface area contributed by atoms with Crippen molar-refractivity contribution < 1.29 is 9.47 Å². The Morgan fingerprint density at radius 1 is 1.22 bits per heavy atom. The van der Waals surface area contributed by atoms with Crippen molar-refractivity contribution in [3.8, 4) is 11.5 Å². The van der Waals surface area contributed by atoms with Gasteiger partial charge < -0.3 is 15.2 Å². The summed E-state index contributed by atoms with van der Waals surface area (Å²) in [5.74, 6) is 1.64. The highest BCUT2D eigenvalue weighted by atomic mass is 32.1. The number of unbranched alkanes of at least 4 members (excludes halogenated alkanes) is 2. The van der Waals surface area contributed by atoms with Gasteiger partial charge in [-0.1, -0.05) is 19.8 Å². The topological polar surface area (TPSA) is 44.5 Å². The molecule has 0 heterocycles. The summed E-state index contributed by atoms with van der Waals surface area (Å²) in [6, 6.07) is 3.88. The highest BCUT2D eigenvalue weighted by Crippen LogP contribution is 2.31. The van der Waals surface area contributed by atoms with Crippen molar-refractivity contribution in [3.63, 3.8) is 0 Å². The van der Waals surface area contributed by atoms with Gasteiger partial charge in [0.1, 0.15) is 11.5 Å². The first-order chi connectivity index (χ1) is 8.72. The number of methoxy groups -OCH3 is 1. The van der Waals surface area contributed by atoms with Gasteiger partial charge in [-0.3, -0.25) is 0 Å². The normalized spacial score (nSPS) is 10.4.